The van der Waals surface area contributed by atoms with E-state index in [0.717, 1.165) is 11.3 Å². The predicted octanol–water partition coefficient (Wildman–Crippen LogP) is 2.36. The zero-order valence-electron chi connectivity index (χ0n) is 9.53. The summed E-state index contributed by atoms with van der Waals surface area (Å²) in [6, 6.07) is 5.36. The molecule has 0 aliphatic heterocycles. The van der Waals surface area contributed by atoms with Gasteiger partial charge < -0.3 is 15.3 Å². The minimum absolute atomic E-state index is 0.140. The van der Waals surface area contributed by atoms with E-state index in [-0.39, 0.29) is 6.54 Å². The SMILES string of the molecule is Cc1cc(Cl)ccc1NC(=S)N(C)CC(=O)O. The van der Waals surface area contributed by atoms with Crippen molar-refractivity contribution in [1.29, 1.82) is 0 Å². The van der Waals surface area contributed by atoms with E-state index in [1.54, 1.807) is 19.2 Å². The topological polar surface area (TPSA) is 52.6 Å². The van der Waals surface area contributed by atoms with Gasteiger partial charge in [0.15, 0.2) is 5.11 Å². The Morgan fingerprint density at radius 3 is 2.76 bits per heavy atom. The van der Waals surface area contributed by atoms with Crippen molar-refractivity contribution < 1.29 is 9.90 Å². The van der Waals surface area contributed by atoms with Crippen molar-refractivity contribution in [2.45, 2.75) is 6.92 Å². The summed E-state index contributed by atoms with van der Waals surface area (Å²) in [5.74, 6) is -0.926. The predicted molar refractivity (Wildman–Crippen MR) is 72.7 cm³/mol. The molecule has 0 unspecified atom stereocenters. The van der Waals surface area contributed by atoms with E-state index in [9.17, 15) is 4.79 Å². The van der Waals surface area contributed by atoms with Gasteiger partial charge in [-0.1, -0.05) is 11.6 Å². The molecular formula is C11H13ClN2O2S. The van der Waals surface area contributed by atoms with E-state index in [1.807, 2.05) is 13.0 Å². The summed E-state index contributed by atoms with van der Waals surface area (Å²) in [6.07, 6.45) is 0. The highest BCUT2D eigenvalue weighted by Gasteiger charge is 2.09. The number of hydrogen-bond donors (Lipinski definition) is 2. The standard InChI is InChI=1S/C11H13ClN2O2S/c1-7-5-8(12)3-4-9(7)13-11(17)14(2)6-10(15)16/h3-5H,6H2,1-2H3,(H,13,17)(H,15,16). The summed E-state index contributed by atoms with van der Waals surface area (Å²) in [5.41, 5.74) is 1.76. The number of aryl methyl sites for hydroxylation is 1. The summed E-state index contributed by atoms with van der Waals surface area (Å²) in [5, 5.41) is 12.6. The van der Waals surface area contributed by atoms with Crippen molar-refractivity contribution in [3.05, 3.63) is 28.8 Å². The fourth-order valence-electron chi connectivity index (χ4n) is 1.25. The Kier molecular flexibility index (Phi) is 4.72. The van der Waals surface area contributed by atoms with Crippen LogP contribution in [-0.4, -0.2) is 34.7 Å². The molecule has 0 bridgehead atoms. The number of rotatable bonds is 3. The summed E-state index contributed by atoms with van der Waals surface area (Å²) in [4.78, 5) is 12.0. The van der Waals surface area contributed by atoms with Crippen LogP contribution in [0.5, 0.6) is 0 Å². The van der Waals surface area contributed by atoms with Gasteiger partial charge in [-0.05, 0) is 42.9 Å². The third kappa shape index (κ3) is 4.20. The molecule has 0 heterocycles. The molecule has 0 atom stereocenters. The first kappa shape index (κ1) is 13.7. The van der Waals surface area contributed by atoms with Gasteiger partial charge in [0.2, 0.25) is 0 Å². The summed E-state index contributed by atoms with van der Waals surface area (Å²) in [6.45, 7) is 1.76. The van der Waals surface area contributed by atoms with Gasteiger partial charge in [0.05, 0.1) is 0 Å². The molecular weight excluding hydrogens is 260 g/mol. The lowest BCUT2D eigenvalue weighted by molar-refractivity contribution is -0.137. The minimum atomic E-state index is -0.926. The zero-order valence-corrected chi connectivity index (χ0v) is 11.1. The largest absolute Gasteiger partial charge is 0.480 e. The fraction of sp³-hybridized carbons (Fsp3) is 0.273. The third-order valence-corrected chi connectivity index (χ3v) is 2.80. The highest BCUT2D eigenvalue weighted by Crippen LogP contribution is 2.19. The Balaban J connectivity index is 2.71. The normalized spacial score (nSPS) is 9.82. The van der Waals surface area contributed by atoms with Gasteiger partial charge in [-0.15, -0.1) is 0 Å². The second kappa shape index (κ2) is 5.84. The van der Waals surface area contributed by atoms with Gasteiger partial charge in [-0.2, -0.15) is 0 Å². The highest BCUT2D eigenvalue weighted by molar-refractivity contribution is 7.80. The first-order valence-electron chi connectivity index (χ1n) is 4.90. The van der Waals surface area contributed by atoms with Crippen LogP contribution in [0.4, 0.5) is 5.69 Å². The van der Waals surface area contributed by atoms with Crippen LogP contribution in [0.25, 0.3) is 0 Å². The molecule has 4 nitrogen and oxygen atoms in total. The summed E-state index contributed by atoms with van der Waals surface area (Å²) in [7, 11) is 1.62. The van der Waals surface area contributed by atoms with Gasteiger partial charge in [0, 0.05) is 17.8 Å². The number of carboxylic acid groups (broad SMARTS) is 1. The molecule has 0 aliphatic rings. The molecule has 6 heteroatoms. The average molecular weight is 273 g/mol. The van der Waals surface area contributed by atoms with Crippen molar-refractivity contribution in [2.75, 3.05) is 18.9 Å². The Morgan fingerprint density at radius 2 is 2.24 bits per heavy atom. The molecule has 0 fully saturated rings. The number of likely N-dealkylation sites (N-methyl/N-ethyl adjacent to an activating group) is 1. The lowest BCUT2D eigenvalue weighted by Crippen LogP contribution is -2.35. The van der Waals surface area contributed by atoms with Crippen LogP contribution in [-0.2, 0) is 4.79 Å². The zero-order chi connectivity index (χ0) is 13.0. The first-order chi connectivity index (χ1) is 7.90. The lowest BCUT2D eigenvalue weighted by atomic mass is 10.2. The van der Waals surface area contributed by atoms with Crippen LogP contribution in [0.3, 0.4) is 0 Å². The number of halogens is 1. The number of carbonyl (C=O) groups is 1. The second-order valence-electron chi connectivity index (χ2n) is 3.64. The minimum Gasteiger partial charge on any atom is -0.480 e. The van der Waals surface area contributed by atoms with Gasteiger partial charge >= 0.3 is 5.97 Å². The number of thiocarbonyl (C=S) groups is 1. The Hall–Kier alpha value is -1.33. The van der Waals surface area contributed by atoms with E-state index < -0.39 is 5.97 Å². The maximum absolute atomic E-state index is 10.5. The number of nitrogens with zero attached hydrogens (tertiary/aromatic N) is 1. The van der Waals surface area contributed by atoms with E-state index in [1.165, 1.54) is 4.90 Å². The smallest absolute Gasteiger partial charge is 0.323 e. The van der Waals surface area contributed by atoms with Crippen LogP contribution < -0.4 is 5.32 Å². The van der Waals surface area contributed by atoms with Crippen LogP contribution in [0, 0.1) is 6.92 Å². The molecule has 0 saturated heterocycles. The van der Waals surface area contributed by atoms with E-state index in [2.05, 4.69) is 5.32 Å². The molecule has 1 aromatic carbocycles. The van der Waals surface area contributed by atoms with Crippen LogP contribution in [0.15, 0.2) is 18.2 Å². The average Bonchev–Trinajstić information content (AvgIpc) is 2.21. The quantitative estimate of drug-likeness (QED) is 0.828. The van der Waals surface area contributed by atoms with Crippen molar-refractivity contribution in [3.8, 4) is 0 Å². The first-order valence-corrected chi connectivity index (χ1v) is 5.69. The van der Waals surface area contributed by atoms with E-state index in [0.29, 0.717) is 10.1 Å². The molecule has 0 radical (unpaired) electrons. The number of carboxylic acids is 1. The Bertz CT molecular complexity index is 451. The molecule has 0 aliphatic carbocycles. The number of anilines is 1. The maximum atomic E-state index is 10.5. The third-order valence-electron chi connectivity index (χ3n) is 2.15. The molecule has 92 valence electrons. The number of aliphatic carboxylic acids is 1. The lowest BCUT2D eigenvalue weighted by Gasteiger charge is -2.19. The molecule has 0 spiro atoms. The van der Waals surface area contributed by atoms with Crippen molar-refractivity contribution >= 4 is 40.6 Å². The molecule has 1 rings (SSSR count). The van der Waals surface area contributed by atoms with Gasteiger partial charge in [-0.25, -0.2) is 0 Å². The highest BCUT2D eigenvalue weighted by atomic mass is 35.5. The molecule has 17 heavy (non-hydrogen) atoms. The van der Waals surface area contributed by atoms with Gasteiger partial charge in [0.25, 0.3) is 0 Å². The van der Waals surface area contributed by atoms with Crippen LogP contribution >= 0.6 is 23.8 Å². The number of benzene rings is 1. The second-order valence-corrected chi connectivity index (χ2v) is 4.46. The molecule has 0 amide bonds. The van der Waals surface area contributed by atoms with Crippen molar-refractivity contribution in [2.24, 2.45) is 0 Å². The van der Waals surface area contributed by atoms with Crippen LogP contribution in [0.1, 0.15) is 5.56 Å². The number of nitrogens with one attached hydrogen (secondary N) is 1. The van der Waals surface area contributed by atoms with E-state index in [4.69, 9.17) is 28.9 Å². The van der Waals surface area contributed by atoms with Gasteiger partial charge in [-0.3, -0.25) is 4.79 Å². The Labute approximate surface area is 110 Å². The van der Waals surface area contributed by atoms with Crippen LogP contribution in [0.2, 0.25) is 5.02 Å². The van der Waals surface area contributed by atoms with Crippen molar-refractivity contribution in [1.82, 2.24) is 4.90 Å². The maximum Gasteiger partial charge on any atom is 0.323 e. The molecule has 0 aromatic heterocycles. The van der Waals surface area contributed by atoms with Gasteiger partial charge in [0.1, 0.15) is 6.54 Å². The fourth-order valence-corrected chi connectivity index (χ4v) is 1.65. The summed E-state index contributed by atoms with van der Waals surface area (Å²) >= 11 is 10.9. The molecule has 0 saturated carbocycles. The Morgan fingerprint density at radius 1 is 1.59 bits per heavy atom. The molecule has 1 aromatic rings. The van der Waals surface area contributed by atoms with E-state index >= 15 is 0 Å². The molecule has 2 N–H and O–H groups in total. The number of hydrogen-bond acceptors (Lipinski definition) is 2. The monoisotopic (exact) mass is 272 g/mol. The summed E-state index contributed by atoms with van der Waals surface area (Å²) < 4.78 is 0. The van der Waals surface area contributed by atoms with Crippen molar-refractivity contribution in [3.63, 3.8) is 0 Å².